The summed E-state index contributed by atoms with van der Waals surface area (Å²) in [5.74, 6) is -0.265. The van der Waals surface area contributed by atoms with Crippen molar-refractivity contribution in [2.24, 2.45) is 0 Å². The van der Waals surface area contributed by atoms with Crippen molar-refractivity contribution in [2.45, 2.75) is 11.9 Å². The molecule has 0 atom stereocenters. The zero-order chi connectivity index (χ0) is 20.0. The van der Waals surface area contributed by atoms with E-state index in [0.29, 0.717) is 21.9 Å². The Balaban J connectivity index is 2.01. The van der Waals surface area contributed by atoms with Gasteiger partial charge >= 0.3 is 5.97 Å². The summed E-state index contributed by atoms with van der Waals surface area (Å²) in [5, 5.41) is 21.3. The molecule has 140 valence electrons. The van der Waals surface area contributed by atoms with E-state index in [0.717, 1.165) is 0 Å². The van der Waals surface area contributed by atoms with Gasteiger partial charge in [0.15, 0.2) is 11.5 Å². The third-order valence-corrected chi connectivity index (χ3v) is 5.02. The molecule has 0 amide bonds. The lowest BCUT2D eigenvalue weighted by atomic mass is 10.2. The summed E-state index contributed by atoms with van der Waals surface area (Å²) in [6.07, 6.45) is 4.70. The van der Waals surface area contributed by atoms with Crippen LogP contribution in [0.5, 0.6) is 0 Å². The summed E-state index contributed by atoms with van der Waals surface area (Å²) < 4.78 is 7.54. The van der Waals surface area contributed by atoms with Gasteiger partial charge in [-0.3, -0.25) is 14.5 Å². The molecular weight excluding hydrogens is 382 g/mol. The molecule has 0 saturated carbocycles. The van der Waals surface area contributed by atoms with Crippen molar-refractivity contribution in [1.82, 2.24) is 29.4 Å². The summed E-state index contributed by atoms with van der Waals surface area (Å²) >= 11 is 1.31. The van der Waals surface area contributed by atoms with Crippen molar-refractivity contribution in [1.29, 1.82) is 5.26 Å². The van der Waals surface area contributed by atoms with E-state index >= 15 is 0 Å². The number of methoxy groups -OCH3 is 1. The van der Waals surface area contributed by atoms with E-state index in [9.17, 15) is 14.9 Å². The number of esters is 1. The number of pyridine rings is 1. The van der Waals surface area contributed by atoms with Crippen LogP contribution in [0.2, 0.25) is 0 Å². The predicted octanol–water partition coefficient (Wildman–Crippen LogP) is 1.45. The standard InChI is InChI=1S/C17H13N7O3S/c1-8-12(17(26)27-2)14-19-7-10-11(24(14)22-8)4-5-23(16(10)25)13-9(6-18)15(28-3)21-20-13/h4-5,7H,1-3H3,(H,20,21). The SMILES string of the molecule is COC(=O)c1c(C)nn2c1ncc1c(=O)n(-c3[nH]nc(SC)c3C#N)ccc12. The highest BCUT2D eigenvalue weighted by Gasteiger charge is 2.22. The molecule has 10 nitrogen and oxygen atoms in total. The van der Waals surface area contributed by atoms with Crippen molar-refractivity contribution < 1.29 is 9.53 Å². The van der Waals surface area contributed by atoms with Crippen LogP contribution in [0.25, 0.3) is 22.4 Å². The van der Waals surface area contributed by atoms with Crippen molar-refractivity contribution in [3.8, 4) is 11.9 Å². The van der Waals surface area contributed by atoms with Crippen LogP contribution < -0.4 is 5.56 Å². The first kappa shape index (κ1) is 17.7. The zero-order valence-corrected chi connectivity index (χ0v) is 15.9. The molecular formula is C17H13N7O3S. The highest BCUT2D eigenvalue weighted by Crippen LogP contribution is 2.23. The Morgan fingerprint density at radius 2 is 2.21 bits per heavy atom. The maximum atomic E-state index is 13.0. The van der Waals surface area contributed by atoms with Crippen LogP contribution in [-0.2, 0) is 4.74 Å². The van der Waals surface area contributed by atoms with Gasteiger partial charge in [0.05, 0.1) is 23.7 Å². The third-order valence-electron chi connectivity index (χ3n) is 4.34. The topological polar surface area (TPSA) is 131 Å². The fourth-order valence-corrected chi connectivity index (χ4v) is 3.52. The second-order valence-electron chi connectivity index (χ2n) is 5.80. The average molecular weight is 395 g/mol. The number of ether oxygens (including phenoxy) is 1. The molecule has 0 spiro atoms. The monoisotopic (exact) mass is 395 g/mol. The van der Waals surface area contributed by atoms with Gasteiger partial charge in [0.1, 0.15) is 22.2 Å². The van der Waals surface area contributed by atoms with Gasteiger partial charge in [-0.1, -0.05) is 0 Å². The van der Waals surface area contributed by atoms with E-state index in [-0.39, 0.29) is 22.3 Å². The Labute approximate surface area is 161 Å². The quantitative estimate of drug-likeness (QED) is 0.407. The molecule has 0 bridgehead atoms. The van der Waals surface area contributed by atoms with Gasteiger partial charge in [-0.25, -0.2) is 14.3 Å². The van der Waals surface area contributed by atoms with E-state index in [1.165, 1.54) is 40.3 Å². The highest BCUT2D eigenvalue weighted by atomic mass is 32.2. The summed E-state index contributed by atoms with van der Waals surface area (Å²) in [7, 11) is 1.28. The minimum Gasteiger partial charge on any atom is -0.465 e. The van der Waals surface area contributed by atoms with Crippen LogP contribution in [-0.4, -0.2) is 48.7 Å². The Hall–Kier alpha value is -3.65. The largest absolute Gasteiger partial charge is 0.465 e. The van der Waals surface area contributed by atoms with Gasteiger partial charge in [-0.15, -0.1) is 11.8 Å². The first-order chi connectivity index (χ1) is 13.5. The minimum absolute atomic E-state index is 0.249. The molecule has 0 radical (unpaired) electrons. The number of aryl methyl sites for hydroxylation is 1. The Morgan fingerprint density at radius 3 is 2.89 bits per heavy atom. The van der Waals surface area contributed by atoms with Crippen LogP contribution >= 0.6 is 11.8 Å². The summed E-state index contributed by atoms with van der Waals surface area (Å²) in [6, 6.07) is 3.74. The maximum Gasteiger partial charge on any atom is 0.343 e. The first-order valence-corrected chi connectivity index (χ1v) is 9.25. The molecule has 0 aliphatic heterocycles. The molecule has 1 N–H and O–H groups in total. The molecule has 4 aromatic heterocycles. The summed E-state index contributed by atoms with van der Waals surface area (Å²) in [4.78, 5) is 29.3. The zero-order valence-electron chi connectivity index (χ0n) is 15.0. The van der Waals surface area contributed by atoms with Crippen LogP contribution in [0.1, 0.15) is 21.6 Å². The number of fused-ring (bicyclic) bond motifs is 3. The molecule has 4 heterocycles. The molecule has 0 fully saturated rings. The van der Waals surface area contributed by atoms with Crippen LogP contribution in [0.4, 0.5) is 0 Å². The third kappa shape index (κ3) is 2.39. The number of carbonyl (C=O) groups is 1. The number of thioether (sulfide) groups is 1. The normalized spacial score (nSPS) is 11.1. The fraction of sp³-hybridized carbons (Fsp3) is 0.176. The number of carbonyl (C=O) groups excluding carboxylic acids is 1. The number of hydrogen-bond acceptors (Lipinski definition) is 8. The number of rotatable bonds is 3. The van der Waals surface area contributed by atoms with Crippen LogP contribution in [0.15, 0.2) is 28.3 Å². The van der Waals surface area contributed by atoms with E-state index in [1.807, 2.05) is 0 Å². The van der Waals surface area contributed by atoms with Crippen molar-refractivity contribution in [3.63, 3.8) is 0 Å². The van der Waals surface area contributed by atoms with Crippen molar-refractivity contribution in [3.05, 3.63) is 45.6 Å². The molecule has 28 heavy (non-hydrogen) atoms. The Kier molecular flexibility index (Phi) is 4.12. The van der Waals surface area contributed by atoms with Gasteiger partial charge in [0.25, 0.3) is 5.56 Å². The fourth-order valence-electron chi connectivity index (χ4n) is 3.03. The van der Waals surface area contributed by atoms with Gasteiger partial charge in [0.2, 0.25) is 0 Å². The summed E-state index contributed by atoms with van der Waals surface area (Å²) in [6.45, 7) is 1.67. The number of aromatic amines is 1. The highest BCUT2D eigenvalue weighted by molar-refractivity contribution is 7.98. The van der Waals surface area contributed by atoms with Gasteiger partial charge in [0, 0.05) is 12.4 Å². The number of H-pyrrole nitrogens is 1. The van der Waals surface area contributed by atoms with Gasteiger partial charge in [-0.05, 0) is 19.2 Å². The maximum absolute atomic E-state index is 13.0. The smallest absolute Gasteiger partial charge is 0.343 e. The lowest BCUT2D eigenvalue weighted by Gasteiger charge is -2.06. The average Bonchev–Trinajstić information content (AvgIpc) is 3.27. The van der Waals surface area contributed by atoms with Crippen LogP contribution in [0, 0.1) is 18.3 Å². The predicted molar refractivity (Wildman–Crippen MR) is 101 cm³/mol. The van der Waals surface area contributed by atoms with E-state index < -0.39 is 11.5 Å². The molecule has 4 aromatic rings. The molecule has 0 aliphatic carbocycles. The first-order valence-electron chi connectivity index (χ1n) is 8.02. The molecule has 4 rings (SSSR count). The molecule has 0 aliphatic rings. The Bertz CT molecular complexity index is 1360. The Morgan fingerprint density at radius 1 is 1.43 bits per heavy atom. The van der Waals surface area contributed by atoms with Crippen molar-refractivity contribution >= 4 is 34.3 Å². The number of hydrogen-bond donors (Lipinski definition) is 1. The van der Waals surface area contributed by atoms with E-state index in [4.69, 9.17) is 4.74 Å². The number of nitriles is 1. The second kappa shape index (κ2) is 6.50. The lowest BCUT2D eigenvalue weighted by molar-refractivity contribution is 0.0602. The summed E-state index contributed by atoms with van der Waals surface area (Å²) in [5.41, 5.74) is 1.36. The second-order valence-corrected chi connectivity index (χ2v) is 6.60. The number of nitrogens with zero attached hydrogens (tertiary/aromatic N) is 6. The van der Waals surface area contributed by atoms with Gasteiger partial charge in [-0.2, -0.15) is 15.5 Å². The van der Waals surface area contributed by atoms with Crippen LogP contribution in [0.3, 0.4) is 0 Å². The number of nitrogens with one attached hydrogen (secondary N) is 1. The lowest BCUT2D eigenvalue weighted by Crippen LogP contribution is -2.20. The van der Waals surface area contributed by atoms with E-state index in [2.05, 4.69) is 26.3 Å². The molecule has 11 heteroatoms. The minimum atomic E-state index is -0.548. The molecule has 0 aromatic carbocycles. The van der Waals surface area contributed by atoms with Gasteiger partial charge < -0.3 is 4.74 Å². The molecule has 0 saturated heterocycles. The van der Waals surface area contributed by atoms with Crippen molar-refractivity contribution in [2.75, 3.05) is 13.4 Å². The molecule has 0 unspecified atom stereocenters. The van der Waals surface area contributed by atoms with E-state index in [1.54, 1.807) is 19.2 Å². The number of aromatic nitrogens is 6.